The first kappa shape index (κ1) is 36.5. The Bertz CT molecular complexity index is 2180. The Labute approximate surface area is 303 Å². The number of ether oxygens (including phenoxy) is 1. The number of nitrogens with one attached hydrogen (secondary N) is 2. The molecule has 5 heterocycles. The second kappa shape index (κ2) is 14.9. The first-order valence-corrected chi connectivity index (χ1v) is 18.9. The second-order valence-corrected chi connectivity index (χ2v) is 15.6. The van der Waals surface area contributed by atoms with Crippen LogP contribution in [0.15, 0.2) is 58.5 Å². The van der Waals surface area contributed by atoms with Gasteiger partial charge in [-0.25, -0.2) is 27.6 Å². The zero-order valence-electron chi connectivity index (χ0n) is 28.9. The number of carbonyl (C=O) groups is 2. The van der Waals surface area contributed by atoms with Crippen molar-refractivity contribution in [2.24, 2.45) is 7.05 Å². The SMILES string of the molecule is Cn1c(=O)n(C2CCC(=O)NC2=O)c2cccc(C3CCN(Cc4cc(F)cc(S(=O)(=O)N5CCC(Nc6ncc(OC(F)F)cn6)CC5)c4)CC3)c21. The molecule has 4 aromatic rings. The van der Waals surface area contributed by atoms with Gasteiger partial charge in [-0.05, 0) is 86.5 Å². The Kier molecular flexibility index (Phi) is 10.3. The number of rotatable bonds is 10. The number of piperidine rings is 3. The summed E-state index contributed by atoms with van der Waals surface area (Å²) in [6.07, 6.45) is 5.02. The van der Waals surface area contributed by atoms with Crippen LogP contribution in [0.4, 0.5) is 19.1 Å². The molecule has 2 aromatic heterocycles. The summed E-state index contributed by atoms with van der Waals surface area (Å²) < 4.78 is 75.6. The van der Waals surface area contributed by atoms with Gasteiger partial charge in [-0.1, -0.05) is 12.1 Å². The maximum absolute atomic E-state index is 14.9. The molecule has 2 N–H and O–H groups in total. The highest BCUT2D eigenvalue weighted by molar-refractivity contribution is 7.89. The van der Waals surface area contributed by atoms with E-state index < -0.39 is 34.4 Å². The molecule has 0 spiro atoms. The van der Waals surface area contributed by atoms with Gasteiger partial charge < -0.3 is 10.1 Å². The number of fused-ring (bicyclic) bond motifs is 1. The van der Waals surface area contributed by atoms with Crippen LogP contribution in [0.2, 0.25) is 0 Å². The highest BCUT2D eigenvalue weighted by Gasteiger charge is 2.34. The van der Waals surface area contributed by atoms with Crippen molar-refractivity contribution in [1.82, 2.24) is 33.6 Å². The average molecular weight is 757 g/mol. The Morgan fingerprint density at radius 2 is 1.70 bits per heavy atom. The molecule has 3 fully saturated rings. The lowest BCUT2D eigenvalue weighted by molar-refractivity contribution is -0.135. The number of carbonyl (C=O) groups excluding carboxylic acids is 2. The number of likely N-dealkylation sites (tertiary alicyclic amines) is 1. The number of hydrogen-bond donors (Lipinski definition) is 2. The molecule has 3 aliphatic heterocycles. The third-order valence-corrected chi connectivity index (χ3v) is 12.2. The lowest BCUT2D eigenvalue weighted by Crippen LogP contribution is -2.44. The van der Waals surface area contributed by atoms with E-state index in [2.05, 4.69) is 30.2 Å². The molecule has 282 valence electrons. The summed E-state index contributed by atoms with van der Waals surface area (Å²) in [5, 5.41) is 5.43. The first-order chi connectivity index (χ1) is 25.4. The number of nitrogens with zero attached hydrogens (tertiary/aromatic N) is 6. The van der Waals surface area contributed by atoms with Crippen LogP contribution >= 0.6 is 0 Å². The first-order valence-electron chi connectivity index (χ1n) is 17.5. The van der Waals surface area contributed by atoms with E-state index in [9.17, 15) is 36.0 Å². The van der Waals surface area contributed by atoms with Crippen molar-refractivity contribution >= 4 is 38.8 Å². The van der Waals surface area contributed by atoms with Crippen molar-refractivity contribution in [2.75, 3.05) is 31.5 Å². The largest absolute Gasteiger partial charge is 0.432 e. The lowest BCUT2D eigenvalue weighted by Gasteiger charge is -2.33. The quantitative estimate of drug-likeness (QED) is 0.230. The number of imide groups is 1. The number of anilines is 1. The van der Waals surface area contributed by atoms with Crippen molar-refractivity contribution in [3.63, 3.8) is 0 Å². The summed E-state index contributed by atoms with van der Waals surface area (Å²) in [6.45, 7) is -0.947. The Morgan fingerprint density at radius 3 is 2.38 bits per heavy atom. The van der Waals surface area contributed by atoms with Crippen LogP contribution in [0.25, 0.3) is 11.0 Å². The van der Waals surface area contributed by atoms with E-state index in [0.717, 1.165) is 42.4 Å². The van der Waals surface area contributed by atoms with Gasteiger partial charge in [0.2, 0.25) is 27.8 Å². The van der Waals surface area contributed by atoms with Crippen LogP contribution in [-0.2, 0) is 33.2 Å². The molecule has 7 rings (SSSR count). The molecular weight excluding hydrogens is 717 g/mol. The van der Waals surface area contributed by atoms with Crippen molar-refractivity contribution in [3.05, 3.63) is 76.2 Å². The van der Waals surface area contributed by atoms with E-state index in [0.29, 0.717) is 43.6 Å². The fraction of sp³-hybridized carbons (Fsp3) is 0.457. The van der Waals surface area contributed by atoms with Crippen LogP contribution in [-0.4, -0.2) is 87.4 Å². The molecule has 0 bridgehead atoms. The third-order valence-electron chi connectivity index (χ3n) is 10.3. The number of aromatic nitrogens is 4. The molecular formula is C35H39F3N8O6S. The van der Waals surface area contributed by atoms with Gasteiger partial charge in [0.25, 0.3) is 0 Å². The van der Waals surface area contributed by atoms with Gasteiger partial charge in [0.15, 0.2) is 5.75 Å². The summed E-state index contributed by atoms with van der Waals surface area (Å²) >= 11 is 0. The summed E-state index contributed by atoms with van der Waals surface area (Å²) in [7, 11) is -2.30. The van der Waals surface area contributed by atoms with Gasteiger partial charge in [0, 0.05) is 39.1 Å². The van der Waals surface area contributed by atoms with Crippen LogP contribution in [0, 0.1) is 5.82 Å². The summed E-state index contributed by atoms with van der Waals surface area (Å²) in [5.74, 6) is -1.32. The molecule has 3 aliphatic rings. The molecule has 53 heavy (non-hydrogen) atoms. The predicted molar refractivity (Wildman–Crippen MR) is 186 cm³/mol. The minimum atomic E-state index is -3.99. The average Bonchev–Trinajstić information content (AvgIpc) is 3.38. The number of alkyl halides is 2. The van der Waals surface area contributed by atoms with Gasteiger partial charge in [0.1, 0.15) is 11.9 Å². The fourth-order valence-corrected chi connectivity index (χ4v) is 9.23. The van der Waals surface area contributed by atoms with E-state index in [1.54, 1.807) is 11.6 Å². The van der Waals surface area contributed by atoms with E-state index in [-0.39, 0.29) is 66.1 Å². The number of halogens is 3. The number of amides is 2. The van der Waals surface area contributed by atoms with Crippen LogP contribution in [0.1, 0.15) is 61.6 Å². The Morgan fingerprint density at radius 1 is 0.981 bits per heavy atom. The molecule has 2 amide bonds. The zero-order chi connectivity index (χ0) is 37.4. The van der Waals surface area contributed by atoms with Crippen molar-refractivity contribution in [3.8, 4) is 5.75 Å². The van der Waals surface area contributed by atoms with Crippen LogP contribution < -0.4 is 21.1 Å². The van der Waals surface area contributed by atoms with Crippen LogP contribution in [0.3, 0.4) is 0 Å². The Balaban J connectivity index is 0.979. The number of benzene rings is 2. The van der Waals surface area contributed by atoms with Gasteiger partial charge in [0.05, 0.1) is 28.3 Å². The molecule has 1 unspecified atom stereocenters. The van der Waals surface area contributed by atoms with E-state index in [1.807, 2.05) is 18.2 Å². The van der Waals surface area contributed by atoms with Gasteiger partial charge in [-0.2, -0.15) is 13.1 Å². The highest BCUT2D eigenvalue weighted by atomic mass is 32.2. The van der Waals surface area contributed by atoms with E-state index in [4.69, 9.17) is 0 Å². The maximum Gasteiger partial charge on any atom is 0.387 e. The normalized spacial score (nSPS) is 19.9. The minimum absolute atomic E-state index is 0.111. The van der Waals surface area contributed by atoms with E-state index in [1.165, 1.54) is 21.0 Å². The van der Waals surface area contributed by atoms with Crippen molar-refractivity contribution < 1.29 is 35.9 Å². The van der Waals surface area contributed by atoms with Gasteiger partial charge in [-0.3, -0.25) is 28.9 Å². The van der Waals surface area contributed by atoms with Gasteiger partial charge in [-0.15, -0.1) is 0 Å². The predicted octanol–water partition coefficient (Wildman–Crippen LogP) is 3.49. The zero-order valence-corrected chi connectivity index (χ0v) is 29.7. The number of imidazole rings is 1. The topological polar surface area (TPSA) is 161 Å². The summed E-state index contributed by atoms with van der Waals surface area (Å²) in [5.41, 5.74) is 2.62. The molecule has 2 aromatic carbocycles. The Hall–Kier alpha value is -4.81. The van der Waals surface area contributed by atoms with Gasteiger partial charge >= 0.3 is 12.3 Å². The molecule has 14 nitrogen and oxygen atoms in total. The minimum Gasteiger partial charge on any atom is -0.432 e. The standard InChI is InChI=1S/C35H39F3N8O6S/c1-43-31-27(3-2-4-28(31)46(35(43)49)29-5-6-30(47)42-32(29)48)22-7-11-44(12-8-22)20-21-15-23(36)17-26(16-21)53(50,51)45-13-9-24(10-14-45)41-34-39-18-25(19-40-34)52-33(37)38/h2-4,15-19,22,24,29,33H,5-14,20H2,1H3,(H,39,40,41)(H,42,47,48). The smallest absolute Gasteiger partial charge is 0.387 e. The molecule has 0 saturated carbocycles. The number of para-hydroxylation sites is 1. The lowest BCUT2D eigenvalue weighted by atomic mass is 9.88. The highest BCUT2D eigenvalue weighted by Crippen LogP contribution is 2.35. The molecule has 3 saturated heterocycles. The van der Waals surface area contributed by atoms with E-state index >= 15 is 0 Å². The monoisotopic (exact) mass is 756 g/mol. The number of aryl methyl sites for hydroxylation is 1. The second-order valence-electron chi connectivity index (χ2n) is 13.7. The number of hydrogen-bond acceptors (Lipinski definition) is 10. The van der Waals surface area contributed by atoms with Crippen molar-refractivity contribution in [2.45, 2.75) is 74.6 Å². The summed E-state index contributed by atoms with van der Waals surface area (Å²) in [4.78, 5) is 47.8. The molecule has 1 atom stereocenters. The molecule has 18 heteroatoms. The van der Waals surface area contributed by atoms with Crippen molar-refractivity contribution in [1.29, 1.82) is 0 Å². The third kappa shape index (κ3) is 7.66. The molecule has 0 aliphatic carbocycles. The maximum atomic E-state index is 14.9. The van der Waals surface area contributed by atoms with Crippen LogP contribution in [0.5, 0.6) is 5.75 Å². The molecule has 0 radical (unpaired) electrons. The fourth-order valence-electron chi connectivity index (χ4n) is 7.68. The summed E-state index contributed by atoms with van der Waals surface area (Å²) in [6, 6.07) is 8.69. The number of sulfonamides is 1.